The maximum absolute atomic E-state index is 10.4. The highest BCUT2D eigenvalue weighted by Crippen LogP contribution is 2.21. The van der Waals surface area contributed by atoms with Crippen LogP contribution in [0.2, 0.25) is 0 Å². The van der Waals surface area contributed by atoms with Crippen LogP contribution in [-0.4, -0.2) is 40.2 Å². The number of hydrogen-bond acceptors (Lipinski definition) is 6. The van der Waals surface area contributed by atoms with Gasteiger partial charge in [-0.3, -0.25) is 0 Å². The number of phenolic OH excluding ortho intramolecular Hbond substituents is 1. The zero-order valence-corrected chi connectivity index (χ0v) is 18.9. The van der Waals surface area contributed by atoms with Crippen molar-refractivity contribution in [1.29, 1.82) is 0 Å². The summed E-state index contributed by atoms with van der Waals surface area (Å²) in [5, 5.41) is 27.1. The molecule has 3 aromatic rings. The fourth-order valence-electron chi connectivity index (χ4n) is 3.23. The first-order chi connectivity index (χ1) is 15.3. The maximum atomic E-state index is 10.4. The van der Waals surface area contributed by atoms with E-state index < -0.39 is 6.10 Å². The molecule has 0 bridgehead atoms. The molecule has 6 nitrogen and oxygen atoms in total. The van der Waals surface area contributed by atoms with Gasteiger partial charge in [0, 0.05) is 23.7 Å². The van der Waals surface area contributed by atoms with Gasteiger partial charge in [-0.25, -0.2) is 0 Å². The van der Waals surface area contributed by atoms with Crippen molar-refractivity contribution in [3.05, 3.63) is 77.2 Å². The summed E-state index contributed by atoms with van der Waals surface area (Å²) in [6.07, 6.45) is 4.90. The van der Waals surface area contributed by atoms with Crippen LogP contribution in [0.25, 0.3) is 12.2 Å². The van der Waals surface area contributed by atoms with Crippen molar-refractivity contribution >= 4 is 12.2 Å². The molecule has 0 aliphatic heterocycles. The summed E-state index contributed by atoms with van der Waals surface area (Å²) in [6, 6.07) is 16.8. The average Bonchev–Trinajstić information content (AvgIpc) is 3.20. The van der Waals surface area contributed by atoms with Crippen LogP contribution in [0.5, 0.6) is 11.5 Å². The molecule has 1 aromatic heterocycles. The van der Waals surface area contributed by atoms with Crippen molar-refractivity contribution < 1.29 is 19.5 Å². The average molecular weight is 437 g/mol. The fraction of sp³-hybridized carbons (Fsp3) is 0.346. The Balaban J connectivity index is 1.46. The molecule has 0 saturated heterocycles. The highest BCUT2D eigenvalue weighted by molar-refractivity contribution is 5.70. The van der Waals surface area contributed by atoms with Crippen LogP contribution < -0.4 is 10.1 Å². The summed E-state index contributed by atoms with van der Waals surface area (Å²) in [5.74, 6) is 1.65. The molecular weight excluding hydrogens is 404 g/mol. The quantitative estimate of drug-likeness (QED) is 0.407. The predicted molar refractivity (Wildman–Crippen MR) is 127 cm³/mol. The zero-order valence-electron chi connectivity index (χ0n) is 18.9. The van der Waals surface area contributed by atoms with Crippen LogP contribution >= 0.6 is 0 Å². The molecule has 2 aromatic carbocycles. The molecule has 0 fully saturated rings. The maximum Gasteiger partial charge on any atom is 0.159 e. The van der Waals surface area contributed by atoms with Crippen LogP contribution in [-0.2, 0) is 6.42 Å². The summed E-state index contributed by atoms with van der Waals surface area (Å²) in [5.41, 5.74) is 2.76. The van der Waals surface area contributed by atoms with Crippen molar-refractivity contribution in [2.24, 2.45) is 0 Å². The summed E-state index contributed by atoms with van der Waals surface area (Å²) in [7, 11) is 0. The van der Waals surface area contributed by atoms with E-state index in [0.717, 1.165) is 24.1 Å². The molecule has 0 saturated carbocycles. The molecule has 1 unspecified atom stereocenters. The Hall–Kier alpha value is -3.09. The van der Waals surface area contributed by atoms with Crippen molar-refractivity contribution in [2.45, 2.75) is 45.3 Å². The Morgan fingerprint density at radius 2 is 1.88 bits per heavy atom. The van der Waals surface area contributed by atoms with Crippen molar-refractivity contribution in [2.75, 3.05) is 13.2 Å². The van der Waals surface area contributed by atoms with Gasteiger partial charge in [-0.05, 0) is 69.5 Å². The van der Waals surface area contributed by atoms with E-state index in [9.17, 15) is 10.2 Å². The van der Waals surface area contributed by atoms with Crippen LogP contribution in [0.3, 0.4) is 0 Å². The van der Waals surface area contributed by atoms with E-state index in [2.05, 4.69) is 24.3 Å². The molecule has 32 heavy (non-hydrogen) atoms. The minimum absolute atomic E-state index is 0.144. The van der Waals surface area contributed by atoms with Crippen LogP contribution in [0.4, 0.5) is 0 Å². The number of hydrogen-bond donors (Lipinski definition) is 3. The van der Waals surface area contributed by atoms with E-state index in [1.165, 1.54) is 5.56 Å². The Kier molecular flexibility index (Phi) is 8.09. The number of aromatic hydroxyl groups is 1. The molecule has 0 aliphatic rings. The lowest BCUT2D eigenvalue weighted by atomic mass is 9.95. The van der Waals surface area contributed by atoms with Gasteiger partial charge < -0.3 is 24.8 Å². The number of nitrogens with one attached hydrogen (secondary N) is 1. The van der Waals surface area contributed by atoms with Crippen molar-refractivity contribution in [3.63, 3.8) is 0 Å². The van der Waals surface area contributed by atoms with Gasteiger partial charge in [-0.1, -0.05) is 35.5 Å². The van der Waals surface area contributed by atoms with E-state index in [1.54, 1.807) is 12.1 Å². The van der Waals surface area contributed by atoms with E-state index in [-0.39, 0.29) is 17.9 Å². The molecule has 3 rings (SSSR count). The molecule has 0 aliphatic carbocycles. The number of rotatable bonds is 11. The van der Waals surface area contributed by atoms with Crippen LogP contribution in [0.15, 0.2) is 59.1 Å². The third kappa shape index (κ3) is 7.55. The second kappa shape index (κ2) is 11.0. The second-order valence-electron chi connectivity index (χ2n) is 8.64. The summed E-state index contributed by atoms with van der Waals surface area (Å²) < 4.78 is 11.1. The van der Waals surface area contributed by atoms with Crippen LogP contribution in [0, 0.1) is 6.92 Å². The van der Waals surface area contributed by atoms with Gasteiger partial charge in [0.2, 0.25) is 0 Å². The first kappa shape index (κ1) is 23.6. The minimum atomic E-state index is -0.642. The number of phenols is 1. The van der Waals surface area contributed by atoms with Crippen LogP contribution in [0.1, 0.15) is 42.8 Å². The zero-order chi connectivity index (χ0) is 23.0. The third-order valence-corrected chi connectivity index (χ3v) is 5.21. The number of ether oxygens (including phenoxy) is 1. The van der Waals surface area contributed by atoms with Gasteiger partial charge in [0.25, 0.3) is 0 Å². The highest BCUT2D eigenvalue weighted by atomic mass is 16.5. The molecule has 0 amide bonds. The first-order valence-electron chi connectivity index (χ1n) is 10.8. The lowest BCUT2D eigenvalue weighted by Crippen LogP contribution is -2.45. The molecule has 1 atom stereocenters. The Labute approximate surface area is 189 Å². The lowest BCUT2D eigenvalue weighted by molar-refractivity contribution is 0.0981. The molecular formula is C26H32N2O4. The third-order valence-electron chi connectivity index (χ3n) is 5.21. The van der Waals surface area contributed by atoms with Gasteiger partial charge in [0.1, 0.15) is 24.2 Å². The second-order valence-corrected chi connectivity index (χ2v) is 8.64. The van der Waals surface area contributed by atoms with Gasteiger partial charge >= 0.3 is 0 Å². The minimum Gasteiger partial charge on any atom is -0.508 e. The predicted octanol–water partition coefficient (Wildman–Crippen LogP) is 4.60. The molecule has 1 heterocycles. The molecule has 170 valence electrons. The first-order valence-corrected chi connectivity index (χ1v) is 10.8. The lowest BCUT2D eigenvalue weighted by Gasteiger charge is -2.28. The normalized spacial score (nSPS) is 12.9. The van der Waals surface area contributed by atoms with Crippen molar-refractivity contribution in [1.82, 2.24) is 10.5 Å². The van der Waals surface area contributed by atoms with E-state index in [0.29, 0.717) is 18.1 Å². The number of β-amino-alcohol motifs (C(OH)–C–C–N with tert-alkyl or cyclic N) is 1. The number of benzene rings is 2. The molecule has 6 heteroatoms. The SMILES string of the molecule is Cc1cc(C=Cc2ccccc2OCC(O)CNC(C)(C)CCc2ccc(O)cc2)on1. The summed E-state index contributed by atoms with van der Waals surface area (Å²) in [4.78, 5) is 0. The number of aryl methyl sites for hydroxylation is 2. The smallest absolute Gasteiger partial charge is 0.159 e. The van der Waals surface area contributed by atoms with E-state index in [4.69, 9.17) is 9.26 Å². The number of aromatic nitrogens is 1. The number of aliphatic hydroxyl groups excluding tert-OH is 1. The molecule has 0 spiro atoms. The molecule has 3 N–H and O–H groups in total. The molecule has 0 radical (unpaired) electrons. The number of nitrogens with zero attached hydrogens (tertiary/aromatic N) is 1. The Morgan fingerprint density at radius 1 is 1.12 bits per heavy atom. The fourth-order valence-corrected chi connectivity index (χ4v) is 3.23. The summed E-state index contributed by atoms with van der Waals surface area (Å²) >= 11 is 0. The topological polar surface area (TPSA) is 87.8 Å². The van der Waals surface area contributed by atoms with E-state index in [1.807, 2.05) is 61.5 Å². The number of aliphatic hydroxyl groups is 1. The van der Waals surface area contributed by atoms with Gasteiger partial charge in [-0.2, -0.15) is 0 Å². The highest BCUT2D eigenvalue weighted by Gasteiger charge is 2.19. The number of para-hydroxylation sites is 1. The monoisotopic (exact) mass is 436 g/mol. The van der Waals surface area contributed by atoms with Gasteiger partial charge in [0.05, 0.1) is 5.69 Å². The summed E-state index contributed by atoms with van der Waals surface area (Å²) in [6.45, 7) is 6.73. The largest absolute Gasteiger partial charge is 0.508 e. The standard InChI is InChI=1S/C26H32N2O4/c1-19-16-24(32-28-19)13-10-21-6-4-5-7-25(21)31-18-23(30)17-27-26(2,3)15-14-20-8-11-22(29)12-9-20/h4-13,16,23,27,29-30H,14-15,17-18H2,1-3H3. The Bertz CT molecular complexity index is 1010. The van der Waals surface area contributed by atoms with E-state index >= 15 is 0 Å². The Morgan fingerprint density at radius 3 is 2.59 bits per heavy atom. The van der Waals surface area contributed by atoms with Gasteiger partial charge in [-0.15, -0.1) is 0 Å². The van der Waals surface area contributed by atoms with Gasteiger partial charge in [0.15, 0.2) is 5.76 Å². The van der Waals surface area contributed by atoms with Crippen molar-refractivity contribution in [3.8, 4) is 11.5 Å².